The van der Waals surface area contributed by atoms with Crippen molar-refractivity contribution in [1.82, 2.24) is 9.55 Å². The topological polar surface area (TPSA) is 33.5 Å². The number of ether oxygens (including phenoxy) is 1. The Hall–Kier alpha value is -4.08. The van der Waals surface area contributed by atoms with Crippen molar-refractivity contribution < 1.29 is 25.8 Å². The van der Waals surface area contributed by atoms with Crippen LogP contribution in [0.3, 0.4) is 0 Å². The summed E-state index contributed by atoms with van der Waals surface area (Å²) in [6.45, 7) is 8.81. The van der Waals surface area contributed by atoms with Crippen molar-refractivity contribution in [2.45, 2.75) is 26.2 Å². The summed E-state index contributed by atoms with van der Waals surface area (Å²) in [6.07, 6.45) is 1.83. The van der Waals surface area contributed by atoms with Gasteiger partial charge < -0.3 is 19.1 Å². The first-order chi connectivity index (χ1) is 19.4. The molecule has 0 saturated carbocycles. The third-order valence-corrected chi connectivity index (χ3v) is 7.43. The SMILES string of the molecule is CN1[CH-]N(c2[c-]c(Oc3[c-]c(-n4c5ccccc5c5cccnc54)ccc3)ccc2)c2ccc(C(C)(C)C)cc21.[Pt]. The molecule has 0 fully saturated rings. The fraction of sp³-hybridized carbons (Fsp3) is 0.143. The molecule has 0 radical (unpaired) electrons. The molecule has 0 bridgehead atoms. The standard InChI is InChI=1S/C35H29N4O.Pt/c1-35(2,3)24-17-18-32-33(20-24)37(4)23-38(32)25-10-7-12-27(21-25)40-28-13-8-11-26(22-28)39-31-16-6-5-14-29(31)30-15-9-19-36-34(30)39;/h5-20,23H,1-4H3;/q-3;. The van der Waals surface area contributed by atoms with Crippen molar-refractivity contribution in [3.05, 3.63) is 122 Å². The second-order valence-electron chi connectivity index (χ2n) is 11.2. The molecule has 1 aliphatic rings. The minimum atomic E-state index is 0. The zero-order valence-corrected chi connectivity index (χ0v) is 25.6. The van der Waals surface area contributed by atoms with Crippen LogP contribution in [0, 0.1) is 18.8 Å². The summed E-state index contributed by atoms with van der Waals surface area (Å²) in [6, 6.07) is 37.9. The molecule has 5 nitrogen and oxygen atoms in total. The van der Waals surface area contributed by atoms with E-state index in [0.29, 0.717) is 11.5 Å². The van der Waals surface area contributed by atoms with Crippen molar-refractivity contribution in [2.75, 3.05) is 16.8 Å². The van der Waals surface area contributed by atoms with Gasteiger partial charge in [-0.1, -0.05) is 50.7 Å². The van der Waals surface area contributed by atoms with E-state index in [1.54, 1.807) is 0 Å². The fourth-order valence-corrected chi connectivity index (χ4v) is 5.39. The van der Waals surface area contributed by atoms with Crippen LogP contribution in [0.1, 0.15) is 26.3 Å². The van der Waals surface area contributed by atoms with Crippen LogP contribution in [0.4, 0.5) is 17.1 Å². The Morgan fingerprint density at radius 1 is 0.756 bits per heavy atom. The monoisotopic (exact) mass is 716 g/mol. The average molecular weight is 717 g/mol. The molecule has 1 aliphatic heterocycles. The van der Waals surface area contributed by atoms with Gasteiger partial charge in [-0.3, -0.25) is 0 Å². The summed E-state index contributed by atoms with van der Waals surface area (Å²) in [5.74, 6) is 1.24. The molecule has 0 aliphatic carbocycles. The van der Waals surface area contributed by atoms with Crippen LogP contribution < -0.4 is 14.5 Å². The van der Waals surface area contributed by atoms with Crippen LogP contribution in [-0.4, -0.2) is 16.6 Å². The summed E-state index contributed by atoms with van der Waals surface area (Å²) in [5.41, 5.74) is 7.45. The van der Waals surface area contributed by atoms with Crippen molar-refractivity contribution in [3.63, 3.8) is 0 Å². The number of pyridine rings is 1. The average Bonchev–Trinajstić information content (AvgIpc) is 3.47. The molecule has 208 valence electrons. The molecule has 2 aromatic heterocycles. The van der Waals surface area contributed by atoms with Crippen LogP contribution in [-0.2, 0) is 26.5 Å². The number of hydrogen-bond donors (Lipinski definition) is 0. The van der Waals surface area contributed by atoms with E-state index in [0.717, 1.165) is 39.0 Å². The van der Waals surface area contributed by atoms with Gasteiger partial charge in [-0.25, -0.2) is 4.98 Å². The minimum Gasteiger partial charge on any atom is -0.509 e. The largest absolute Gasteiger partial charge is 0.509 e. The van der Waals surface area contributed by atoms with Crippen molar-refractivity contribution in [1.29, 1.82) is 0 Å². The molecule has 0 spiro atoms. The molecular formula is C35H29N4OPt-3. The Morgan fingerprint density at radius 3 is 2.24 bits per heavy atom. The molecule has 3 heterocycles. The molecule has 0 N–H and O–H groups in total. The van der Waals surface area contributed by atoms with Crippen molar-refractivity contribution in [3.8, 4) is 17.2 Å². The van der Waals surface area contributed by atoms with Gasteiger partial charge in [0.15, 0.2) is 0 Å². The Balaban J connectivity index is 0.00000302. The summed E-state index contributed by atoms with van der Waals surface area (Å²) in [7, 11) is 2.08. The second-order valence-corrected chi connectivity index (χ2v) is 11.2. The molecule has 6 heteroatoms. The molecule has 0 saturated heterocycles. The Kier molecular flexibility index (Phi) is 6.87. The summed E-state index contributed by atoms with van der Waals surface area (Å²) in [4.78, 5) is 9.00. The number of hydrogen-bond acceptors (Lipinski definition) is 4. The number of nitrogens with zero attached hydrogens (tertiary/aromatic N) is 4. The van der Waals surface area contributed by atoms with E-state index < -0.39 is 0 Å². The first-order valence-corrected chi connectivity index (χ1v) is 13.5. The van der Waals surface area contributed by atoms with E-state index in [1.165, 1.54) is 11.3 Å². The van der Waals surface area contributed by atoms with Crippen LogP contribution in [0.25, 0.3) is 27.6 Å². The molecular weight excluding hydrogens is 687 g/mol. The van der Waals surface area contributed by atoms with Crippen LogP contribution >= 0.6 is 0 Å². The van der Waals surface area contributed by atoms with Crippen LogP contribution in [0.15, 0.2) is 97.2 Å². The predicted octanol–water partition coefficient (Wildman–Crippen LogP) is 8.57. The number of benzene rings is 4. The number of anilines is 3. The third kappa shape index (κ3) is 4.79. The molecule has 6 aromatic rings. The van der Waals surface area contributed by atoms with Gasteiger partial charge in [0.05, 0.1) is 5.52 Å². The number of rotatable bonds is 4. The molecule has 0 amide bonds. The van der Waals surface area contributed by atoms with Gasteiger partial charge in [0.25, 0.3) is 0 Å². The van der Waals surface area contributed by atoms with Gasteiger partial charge in [0, 0.05) is 60.9 Å². The van der Waals surface area contributed by atoms with E-state index in [4.69, 9.17) is 9.72 Å². The van der Waals surface area contributed by atoms with Gasteiger partial charge in [0.1, 0.15) is 5.65 Å². The van der Waals surface area contributed by atoms with E-state index in [2.05, 4.69) is 103 Å². The third-order valence-electron chi connectivity index (χ3n) is 7.43. The quantitative estimate of drug-likeness (QED) is 0.171. The Bertz CT molecular complexity index is 1830. The van der Waals surface area contributed by atoms with E-state index in [1.807, 2.05) is 54.7 Å². The maximum Gasteiger partial charge on any atom is 0.143 e. The van der Waals surface area contributed by atoms with Gasteiger partial charge in [-0.15, -0.1) is 42.1 Å². The Morgan fingerprint density at radius 2 is 1.46 bits per heavy atom. The summed E-state index contributed by atoms with van der Waals surface area (Å²) < 4.78 is 8.46. The maximum absolute atomic E-state index is 6.32. The van der Waals surface area contributed by atoms with E-state index in [-0.39, 0.29) is 26.5 Å². The zero-order chi connectivity index (χ0) is 27.4. The zero-order valence-electron chi connectivity index (χ0n) is 23.3. The van der Waals surface area contributed by atoms with Crippen LogP contribution in [0.2, 0.25) is 0 Å². The molecule has 7 rings (SSSR count). The maximum atomic E-state index is 6.32. The van der Waals surface area contributed by atoms with E-state index in [9.17, 15) is 0 Å². The predicted molar refractivity (Wildman–Crippen MR) is 163 cm³/mol. The van der Waals surface area contributed by atoms with E-state index >= 15 is 0 Å². The number of fused-ring (bicyclic) bond motifs is 4. The van der Waals surface area contributed by atoms with Crippen molar-refractivity contribution in [2.24, 2.45) is 0 Å². The second kappa shape index (κ2) is 10.4. The Labute approximate surface area is 255 Å². The summed E-state index contributed by atoms with van der Waals surface area (Å²) in [5, 5.41) is 2.27. The van der Waals surface area contributed by atoms with Gasteiger partial charge in [-0.2, -0.15) is 18.8 Å². The van der Waals surface area contributed by atoms with Gasteiger partial charge in [-0.05, 0) is 48.4 Å². The molecule has 0 unspecified atom stereocenters. The van der Waals surface area contributed by atoms with Gasteiger partial charge >= 0.3 is 0 Å². The minimum absolute atomic E-state index is 0. The summed E-state index contributed by atoms with van der Waals surface area (Å²) >= 11 is 0. The first-order valence-electron chi connectivity index (χ1n) is 13.5. The van der Waals surface area contributed by atoms with Crippen molar-refractivity contribution >= 4 is 39.0 Å². The molecule has 0 atom stereocenters. The number of para-hydroxylation sites is 1. The first kappa shape index (κ1) is 27.1. The number of aromatic nitrogens is 2. The smallest absolute Gasteiger partial charge is 0.143 e. The molecule has 41 heavy (non-hydrogen) atoms. The van der Waals surface area contributed by atoms with Crippen LogP contribution in [0.5, 0.6) is 11.5 Å². The van der Waals surface area contributed by atoms with Gasteiger partial charge in [0.2, 0.25) is 0 Å². The normalized spacial score (nSPS) is 13.0. The fourth-order valence-electron chi connectivity index (χ4n) is 5.39. The molecule has 4 aromatic carbocycles.